The van der Waals surface area contributed by atoms with E-state index in [0.29, 0.717) is 6.54 Å². The number of nitrogens with one attached hydrogen (secondary N) is 1. The van der Waals surface area contributed by atoms with Crippen molar-refractivity contribution < 1.29 is 5.11 Å². The van der Waals surface area contributed by atoms with Crippen LogP contribution in [0.4, 0.5) is 0 Å². The van der Waals surface area contributed by atoms with Crippen LogP contribution < -0.4 is 5.32 Å². The molecule has 1 aromatic heterocycles. The Morgan fingerprint density at radius 2 is 2.19 bits per heavy atom. The Labute approximate surface area is 96.9 Å². The lowest BCUT2D eigenvalue weighted by molar-refractivity contribution is 0.233. The van der Waals surface area contributed by atoms with E-state index in [2.05, 4.69) is 36.4 Å². The highest BCUT2D eigenvalue weighted by Gasteiger charge is 2.14. The normalized spacial score (nSPS) is 14.1. The first-order valence-corrected chi connectivity index (χ1v) is 5.66. The lowest BCUT2D eigenvalue weighted by Gasteiger charge is -2.17. The van der Waals surface area contributed by atoms with Crippen molar-refractivity contribution in [3.05, 3.63) is 11.9 Å². The first-order chi connectivity index (χ1) is 7.43. The molecule has 92 valence electrons. The largest absolute Gasteiger partial charge is 0.396 e. The number of aliphatic hydroxyl groups is 1. The third kappa shape index (κ3) is 3.90. The Kier molecular flexibility index (Phi) is 4.44. The van der Waals surface area contributed by atoms with E-state index >= 15 is 0 Å². The summed E-state index contributed by atoms with van der Waals surface area (Å²) in [6, 6.07) is 0. The van der Waals surface area contributed by atoms with Crippen LogP contribution in [0.25, 0.3) is 0 Å². The highest BCUT2D eigenvalue weighted by molar-refractivity contribution is 4.94. The maximum Gasteiger partial charge on any atom is 0.0965 e. The number of nitrogens with zero attached hydrogens (tertiary/aromatic N) is 3. The lowest BCUT2D eigenvalue weighted by Crippen LogP contribution is -2.23. The van der Waals surface area contributed by atoms with Gasteiger partial charge in [0.15, 0.2) is 0 Å². The minimum absolute atomic E-state index is 0.0242. The molecule has 5 nitrogen and oxygen atoms in total. The molecule has 0 aliphatic rings. The predicted molar refractivity (Wildman–Crippen MR) is 63.0 cm³/mol. The van der Waals surface area contributed by atoms with E-state index in [1.807, 2.05) is 17.8 Å². The molecule has 0 fully saturated rings. The zero-order valence-corrected chi connectivity index (χ0v) is 10.6. The van der Waals surface area contributed by atoms with E-state index < -0.39 is 0 Å². The van der Waals surface area contributed by atoms with E-state index in [9.17, 15) is 0 Å². The van der Waals surface area contributed by atoms with Crippen molar-refractivity contribution in [2.24, 2.45) is 5.92 Å². The second kappa shape index (κ2) is 5.41. The molecule has 16 heavy (non-hydrogen) atoms. The number of hydrogen-bond donors (Lipinski definition) is 2. The molecule has 0 saturated carbocycles. The molecule has 1 rings (SSSR count). The van der Waals surface area contributed by atoms with Crippen molar-refractivity contribution in [3.8, 4) is 0 Å². The predicted octanol–water partition coefficient (Wildman–Crippen LogP) is 0.751. The van der Waals surface area contributed by atoms with Crippen molar-refractivity contribution in [1.29, 1.82) is 0 Å². The van der Waals surface area contributed by atoms with Crippen LogP contribution in [0.15, 0.2) is 6.20 Å². The summed E-state index contributed by atoms with van der Waals surface area (Å²) in [6.07, 6.45) is 1.95. The van der Waals surface area contributed by atoms with Crippen LogP contribution >= 0.6 is 0 Å². The molecule has 0 aliphatic carbocycles. The number of hydrogen-bond acceptors (Lipinski definition) is 4. The van der Waals surface area contributed by atoms with Crippen molar-refractivity contribution in [1.82, 2.24) is 20.3 Å². The quantitative estimate of drug-likeness (QED) is 0.777. The summed E-state index contributed by atoms with van der Waals surface area (Å²) < 4.78 is 1.86. The zero-order chi connectivity index (χ0) is 12.2. The van der Waals surface area contributed by atoms with Crippen molar-refractivity contribution in [2.45, 2.75) is 39.8 Å². The van der Waals surface area contributed by atoms with Gasteiger partial charge in [0.1, 0.15) is 0 Å². The molecular weight excluding hydrogens is 204 g/mol. The van der Waals surface area contributed by atoms with Crippen molar-refractivity contribution >= 4 is 0 Å². The van der Waals surface area contributed by atoms with Gasteiger partial charge < -0.3 is 10.4 Å². The van der Waals surface area contributed by atoms with Gasteiger partial charge in [-0.1, -0.05) is 12.1 Å². The van der Waals surface area contributed by atoms with Crippen molar-refractivity contribution in [3.63, 3.8) is 0 Å². The van der Waals surface area contributed by atoms with Gasteiger partial charge in [-0.3, -0.25) is 0 Å². The second-order valence-electron chi connectivity index (χ2n) is 5.24. The Hall–Kier alpha value is -0.940. The van der Waals surface area contributed by atoms with Crippen LogP contribution in [0.5, 0.6) is 0 Å². The standard InChI is InChI=1S/C11H22N4O/c1-9(8-16)5-12-6-10-7-15(14-13-10)11(2,3)4/h7,9,12,16H,5-6,8H2,1-4H3. The average molecular weight is 226 g/mol. The molecule has 5 heteroatoms. The molecule has 2 N–H and O–H groups in total. The van der Waals surface area contributed by atoms with Crippen LogP contribution in [-0.2, 0) is 12.1 Å². The van der Waals surface area contributed by atoms with E-state index in [-0.39, 0.29) is 18.1 Å². The Morgan fingerprint density at radius 3 is 2.69 bits per heavy atom. The van der Waals surface area contributed by atoms with E-state index in [1.54, 1.807) is 0 Å². The summed E-state index contributed by atoms with van der Waals surface area (Å²) >= 11 is 0. The molecule has 0 aliphatic heterocycles. The van der Waals surface area contributed by atoms with Crippen LogP contribution in [0.2, 0.25) is 0 Å². The van der Waals surface area contributed by atoms with Gasteiger partial charge in [0.25, 0.3) is 0 Å². The summed E-state index contributed by atoms with van der Waals surface area (Å²) in [4.78, 5) is 0. The van der Waals surface area contributed by atoms with Gasteiger partial charge in [0.2, 0.25) is 0 Å². The van der Waals surface area contributed by atoms with Crippen LogP contribution in [-0.4, -0.2) is 33.3 Å². The van der Waals surface area contributed by atoms with Gasteiger partial charge in [-0.25, -0.2) is 4.68 Å². The summed E-state index contributed by atoms with van der Waals surface area (Å²) in [6.45, 7) is 9.96. The van der Waals surface area contributed by atoms with Crippen LogP contribution in [0, 0.1) is 5.92 Å². The van der Waals surface area contributed by atoms with E-state index in [4.69, 9.17) is 5.11 Å². The Bertz CT molecular complexity index is 316. The van der Waals surface area contributed by atoms with Crippen LogP contribution in [0.1, 0.15) is 33.4 Å². The topological polar surface area (TPSA) is 63.0 Å². The first kappa shape index (κ1) is 13.1. The number of rotatable bonds is 5. The molecule has 0 bridgehead atoms. The molecule has 1 atom stereocenters. The fourth-order valence-corrected chi connectivity index (χ4v) is 1.22. The van der Waals surface area contributed by atoms with E-state index in [1.165, 1.54) is 0 Å². The van der Waals surface area contributed by atoms with Gasteiger partial charge in [-0.2, -0.15) is 0 Å². The highest BCUT2D eigenvalue weighted by Crippen LogP contribution is 2.11. The molecule has 1 aromatic rings. The monoisotopic (exact) mass is 226 g/mol. The van der Waals surface area contributed by atoms with Crippen LogP contribution in [0.3, 0.4) is 0 Å². The minimum atomic E-state index is -0.0242. The van der Waals surface area contributed by atoms with Gasteiger partial charge in [0.05, 0.1) is 17.4 Å². The second-order valence-corrected chi connectivity index (χ2v) is 5.24. The molecule has 0 spiro atoms. The summed E-state index contributed by atoms with van der Waals surface area (Å²) in [7, 11) is 0. The zero-order valence-electron chi connectivity index (χ0n) is 10.6. The highest BCUT2D eigenvalue weighted by atomic mass is 16.3. The number of aliphatic hydroxyl groups excluding tert-OH is 1. The van der Waals surface area contributed by atoms with E-state index in [0.717, 1.165) is 12.2 Å². The first-order valence-electron chi connectivity index (χ1n) is 5.66. The maximum atomic E-state index is 8.87. The third-order valence-corrected chi connectivity index (χ3v) is 2.34. The summed E-state index contributed by atoms with van der Waals surface area (Å²) in [5, 5.41) is 20.3. The SMILES string of the molecule is CC(CO)CNCc1cn(C(C)(C)C)nn1. The minimum Gasteiger partial charge on any atom is -0.396 e. The Morgan fingerprint density at radius 1 is 1.50 bits per heavy atom. The lowest BCUT2D eigenvalue weighted by atomic mass is 10.1. The third-order valence-electron chi connectivity index (χ3n) is 2.34. The molecule has 1 unspecified atom stereocenters. The molecule has 0 aromatic carbocycles. The Balaban J connectivity index is 2.41. The smallest absolute Gasteiger partial charge is 0.0965 e. The molecule has 1 heterocycles. The average Bonchev–Trinajstić information content (AvgIpc) is 2.65. The van der Waals surface area contributed by atoms with Crippen molar-refractivity contribution in [2.75, 3.05) is 13.2 Å². The summed E-state index contributed by atoms with van der Waals surface area (Å²) in [5.41, 5.74) is 0.906. The molecule has 0 saturated heterocycles. The molecule has 0 amide bonds. The molecular formula is C11H22N4O. The molecule has 0 radical (unpaired) electrons. The fraction of sp³-hybridized carbons (Fsp3) is 0.818. The number of aromatic nitrogens is 3. The summed E-state index contributed by atoms with van der Waals surface area (Å²) in [5.74, 6) is 0.276. The van der Waals surface area contributed by atoms with Gasteiger partial charge in [0, 0.05) is 19.7 Å². The van der Waals surface area contributed by atoms with Gasteiger partial charge in [-0.05, 0) is 26.7 Å². The maximum absolute atomic E-state index is 8.87. The fourth-order valence-electron chi connectivity index (χ4n) is 1.22. The van der Waals surface area contributed by atoms with Gasteiger partial charge >= 0.3 is 0 Å². The van der Waals surface area contributed by atoms with Gasteiger partial charge in [-0.15, -0.1) is 5.10 Å².